The molecule has 1 amide bonds. The van der Waals surface area contributed by atoms with Crippen LogP contribution in [0, 0.1) is 17.2 Å². The molecule has 0 radical (unpaired) electrons. The molecular formula is C19H28N2O2. The van der Waals surface area contributed by atoms with E-state index in [0.29, 0.717) is 18.9 Å². The molecule has 0 aromatic heterocycles. The Morgan fingerprint density at radius 1 is 1.22 bits per heavy atom. The molecular weight excluding hydrogens is 288 g/mol. The maximum atomic E-state index is 12.0. The van der Waals surface area contributed by atoms with Gasteiger partial charge in [-0.2, -0.15) is 5.26 Å². The summed E-state index contributed by atoms with van der Waals surface area (Å²) in [7, 11) is 0. The lowest BCUT2D eigenvalue weighted by molar-refractivity contribution is -0.133. The van der Waals surface area contributed by atoms with Gasteiger partial charge in [0.1, 0.15) is 12.6 Å². The molecule has 0 aliphatic carbocycles. The number of aryl methyl sites for hydroxylation is 1. The lowest BCUT2D eigenvalue weighted by Gasteiger charge is -2.18. The molecule has 4 heteroatoms. The van der Waals surface area contributed by atoms with Crippen LogP contribution in [0.5, 0.6) is 0 Å². The summed E-state index contributed by atoms with van der Waals surface area (Å²) in [6.45, 7) is 4.75. The van der Waals surface area contributed by atoms with Crippen molar-refractivity contribution in [2.24, 2.45) is 5.92 Å². The van der Waals surface area contributed by atoms with Gasteiger partial charge in [-0.15, -0.1) is 0 Å². The summed E-state index contributed by atoms with van der Waals surface area (Å²) in [6.07, 6.45) is 4.48. The Labute approximate surface area is 139 Å². The number of carbonyl (C=O) groups is 1. The number of nitrogens with one attached hydrogen (secondary N) is 1. The van der Waals surface area contributed by atoms with E-state index in [-0.39, 0.29) is 12.5 Å². The van der Waals surface area contributed by atoms with E-state index in [1.54, 1.807) is 0 Å². The summed E-state index contributed by atoms with van der Waals surface area (Å²) >= 11 is 0. The number of amides is 1. The Bertz CT molecular complexity index is 480. The average Bonchev–Trinajstić information content (AvgIpc) is 2.55. The van der Waals surface area contributed by atoms with Crippen molar-refractivity contribution in [3.63, 3.8) is 0 Å². The smallest absolute Gasteiger partial charge is 0.249 e. The minimum absolute atomic E-state index is 0.0356. The predicted molar refractivity (Wildman–Crippen MR) is 91.8 cm³/mol. The number of hydrogen-bond acceptors (Lipinski definition) is 3. The second-order valence-corrected chi connectivity index (χ2v) is 6.16. The molecule has 0 spiro atoms. The first-order chi connectivity index (χ1) is 11.1. The highest BCUT2D eigenvalue weighted by molar-refractivity contribution is 5.80. The first-order valence-electron chi connectivity index (χ1n) is 8.43. The number of rotatable bonds is 11. The van der Waals surface area contributed by atoms with Crippen LogP contribution in [0.15, 0.2) is 30.3 Å². The van der Waals surface area contributed by atoms with Crippen LogP contribution in [0.3, 0.4) is 0 Å². The predicted octanol–water partition coefficient (Wildman–Crippen LogP) is 3.47. The van der Waals surface area contributed by atoms with Gasteiger partial charge in [-0.1, -0.05) is 50.6 Å². The van der Waals surface area contributed by atoms with E-state index in [2.05, 4.69) is 43.4 Å². The Balaban J connectivity index is 2.21. The second kappa shape index (κ2) is 11.7. The lowest BCUT2D eigenvalue weighted by Crippen LogP contribution is -2.37. The minimum Gasteiger partial charge on any atom is -0.368 e. The summed E-state index contributed by atoms with van der Waals surface area (Å²) in [5.41, 5.74) is 1.36. The SMILES string of the molecule is CC(C)CC(OCCCCCc1ccccc1)C(=O)NCC#N. The average molecular weight is 316 g/mol. The fourth-order valence-corrected chi connectivity index (χ4v) is 2.40. The van der Waals surface area contributed by atoms with Gasteiger partial charge in [0, 0.05) is 6.61 Å². The Morgan fingerprint density at radius 2 is 1.96 bits per heavy atom. The van der Waals surface area contributed by atoms with Gasteiger partial charge < -0.3 is 10.1 Å². The largest absolute Gasteiger partial charge is 0.368 e. The maximum absolute atomic E-state index is 12.0. The number of ether oxygens (including phenoxy) is 1. The van der Waals surface area contributed by atoms with Crippen LogP contribution in [0.2, 0.25) is 0 Å². The molecule has 0 saturated heterocycles. The van der Waals surface area contributed by atoms with Gasteiger partial charge in [0.15, 0.2) is 0 Å². The molecule has 1 rings (SSSR count). The normalized spacial score (nSPS) is 11.9. The summed E-state index contributed by atoms with van der Waals surface area (Å²) < 4.78 is 5.74. The highest BCUT2D eigenvalue weighted by Crippen LogP contribution is 2.11. The first kappa shape index (κ1) is 19.2. The van der Waals surface area contributed by atoms with Crippen LogP contribution < -0.4 is 5.32 Å². The Hall–Kier alpha value is -1.86. The van der Waals surface area contributed by atoms with Crippen molar-refractivity contribution in [1.29, 1.82) is 5.26 Å². The van der Waals surface area contributed by atoms with E-state index in [0.717, 1.165) is 25.7 Å². The number of unbranched alkanes of at least 4 members (excludes halogenated alkanes) is 2. The molecule has 1 atom stereocenters. The van der Waals surface area contributed by atoms with Crippen LogP contribution in [0.1, 0.15) is 45.1 Å². The molecule has 0 bridgehead atoms. The summed E-state index contributed by atoms with van der Waals surface area (Å²) in [4.78, 5) is 12.0. The van der Waals surface area contributed by atoms with Crippen molar-refractivity contribution in [1.82, 2.24) is 5.32 Å². The fourth-order valence-electron chi connectivity index (χ4n) is 2.40. The number of nitrogens with zero attached hydrogens (tertiary/aromatic N) is 1. The molecule has 0 aliphatic rings. The number of nitriles is 1. The molecule has 1 N–H and O–H groups in total. The third-order valence-corrected chi connectivity index (χ3v) is 3.59. The van der Waals surface area contributed by atoms with Gasteiger partial charge in [-0.3, -0.25) is 4.79 Å². The molecule has 0 saturated carbocycles. The lowest BCUT2D eigenvalue weighted by atomic mass is 10.1. The molecule has 126 valence electrons. The van der Waals surface area contributed by atoms with Gasteiger partial charge in [0.25, 0.3) is 0 Å². The van der Waals surface area contributed by atoms with Crippen LogP contribution in [-0.2, 0) is 16.0 Å². The molecule has 23 heavy (non-hydrogen) atoms. The van der Waals surface area contributed by atoms with E-state index in [4.69, 9.17) is 10.00 Å². The summed E-state index contributed by atoms with van der Waals surface area (Å²) in [6, 6.07) is 12.4. The van der Waals surface area contributed by atoms with Crippen molar-refractivity contribution < 1.29 is 9.53 Å². The Kier molecular flexibility index (Phi) is 9.74. The zero-order valence-electron chi connectivity index (χ0n) is 14.3. The van der Waals surface area contributed by atoms with Crippen LogP contribution in [0.4, 0.5) is 0 Å². The molecule has 0 fully saturated rings. The number of benzene rings is 1. The minimum atomic E-state index is -0.447. The molecule has 1 aromatic carbocycles. The monoisotopic (exact) mass is 316 g/mol. The van der Waals surface area contributed by atoms with E-state index in [1.807, 2.05) is 12.1 Å². The molecule has 1 aromatic rings. The van der Waals surface area contributed by atoms with E-state index in [9.17, 15) is 4.79 Å². The zero-order valence-corrected chi connectivity index (χ0v) is 14.3. The topological polar surface area (TPSA) is 62.1 Å². The third-order valence-electron chi connectivity index (χ3n) is 3.59. The van der Waals surface area contributed by atoms with Gasteiger partial charge in [0.2, 0.25) is 5.91 Å². The first-order valence-corrected chi connectivity index (χ1v) is 8.43. The van der Waals surface area contributed by atoms with E-state index >= 15 is 0 Å². The second-order valence-electron chi connectivity index (χ2n) is 6.16. The number of hydrogen-bond donors (Lipinski definition) is 1. The molecule has 0 aliphatic heterocycles. The van der Waals surface area contributed by atoms with Crippen molar-refractivity contribution in [3.8, 4) is 6.07 Å². The summed E-state index contributed by atoms with van der Waals surface area (Å²) in [5.74, 6) is 0.204. The Morgan fingerprint density at radius 3 is 2.61 bits per heavy atom. The van der Waals surface area contributed by atoms with Crippen molar-refractivity contribution in [3.05, 3.63) is 35.9 Å². The molecule has 4 nitrogen and oxygen atoms in total. The molecule has 1 unspecified atom stereocenters. The highest BCUT2D eigenvalue weighted by Gasteiger charge is 2.19. The van der Waals surface area contributed by atoms with Crippen LogP contribution in [-0.4, -0.2) is 25.2 Å². The van der Waals surface area contributed by atoms with Gasteiger partial charge in [-0.05, 0) is 37.2 Å². The standard InChI is InChI=1S/C19H28N2O2/c1-16(2)15-18(19(22)21-13-12-20)23-14-8-4-7-11-17-9-5-3-6-10-17/h3,5-6,9-10,16,18H,4,7-8,11,13-15H2,1-2H3,(H,21,22). The highest BCUT2D eigenvalue weighted by atomic mass is 16.5. The van der Waals surface area contributed by atoms with E-state index < -0.39 is 6.10 Å². The van der Waals surface area contributed by atoms with Gasteiger partial charge in [-0.25, -0.2) is 0 Å². The van der Waals surface area contributed by atoms with Gasteiger partial charge >= 0.3 is 0 Å². The maximum Gasteiger partial charge on any atom is 0.249 e. The fraction of sp³-hybridized carbons (Fsp3) is 0.579. The van der Waals surface area contributed by atoms with Crippen molar-refractivity contribution >= 4 is 5.91 Å². The van der Waals surface area contributed by atoms with Crippen LogP contribution >= 0.6 is 0 Å². The summed E-state index contributed by atoms with van der Waals surface area (Å²) in [5, 5.41) is 11.1. The quantitative estimate of drug-likeness (QED) is 0.502. The molecule has 0 heterocycles. The number of carbonyl (C=O) groups excluding carboxylic acids is 1. The van der Waals surface area contributed by atoms with Crippen molar-refractivity contribution in [2.45, 2.75) is 52.1 Å². The van der Waals surface area contributed by atoms with E-state index in [1.165, 1.54) is 5.56 Å². The zero-order chi connectivity index (χ0) is 16.9. The van der Waals surface area contributed by atoms with Gasteiger partial charge in [0.05, 0.1) is 6.07 Å². The van der Waals surface area contributed by atoms with Crippen LogP contribution in [0.25, 0.3) is 0 Å². The third kappa shape index (κ3) is 9.00. The van der Waals surface area contributed by atoms with Crippen molar-refractivity contribution in [2.75, 3.05) is 13.2 Å².